The number of ether oxygens (including phenoxy) is 3. The van der Waals surface area contributed by atoms with E-state index in [1.165, 1.54) is 24.5 Å². The zero-order chi connectivity index (χ0) is 29.9. The molecule has 218 valence electrons. The van der Waals surface area contributed by atoms with E-state index in [4.69, 9.17) is 25.8 Å². The van der Waals surface area contributed by atoms with E-state index < -0.39 is 11.7 Å². The first-order chi connectivity index (χ1) is 20.1. The average molecular weight is 599 g/mol. The topological polar surface area (TPSA) is 85.8 Å². The van der Waals surface area contributed by atoms with Gasteiger partial charge in [0.2, 0.25) is 5.91 Å². The van der Waals surface area contributed by atoms with E-state index in [-0.39, 0.29) is 28.5 Å². The molecule has 42 heavy (non-hydrogen) atoms. The molecule has 2 heterocycles. The number of hydrogen-bond acceptors (Lipinski definition) is 7. The number of alkyl halides is 3. The van der Waals surface area contributed by atoms with Crippen molar-refractivity contribution in [1.82, 2.24) is 14.9 Å². The van der Waals surface area contributed by atoms with E-state index >= 15 is 0 Å². The number of aromatic nitrogens is 2. The Morgan fingerprint density at radius 1 is 1.05 bits per heavy atom. The highest BCUT2D eigenvalue weighted by Gasteiger charge is 2.30. The molecule has 0 spiro atoms. The molecule has 1 aliphatic heterocycles. The lowest BCUT2D eigenvalue weighted by molar-refractivity contribution is -0.137. The molecule has 0 saturated carbocycles. The Bertz CT molecular complexity index is 1610. The Hall–Kier alpha value is -4.51. The largest absolute Gasteiger partial charge is 0.493 e. The van der Waals surface area contributed by atoms with Crippen LogP contribution in [0.4, 0.5) is 24.7 Å². The predicted octanol–water partition coefficient (Wildman–Crippen LogP) is 7.40. The lowest BCUT2D eigenvalue weighted by atomic mass is 10.1. The number of anilines is 2. The number of methoxy groups -OCH3 is 1. The van der Waals surface area contributed by atoms with Gasteiger partial charge in [-0.05, 0) is 54.6 Å². The number of piperidine rings is 1. The van der Waals surface area contributed by atoms with Crippen molar-refractivity contribution in [3.8, 4) is 23.0 Å². The highest BCUT2D eigenvalue weighted by atomic mass is 35.5. The van der Waals surface area contributed by atoms with E-state index in [0.717, 1.165) is 12.1 Å². The van der Waals surface area contributed by atoms with Gasteiger partial charge in [-0.3, -0.25) is 4.79 Å². The van der Waals surface area contributed by atoms with Gasteiger partial charge < -0.3 is 24.4 Å². The maximum atomic E-state index is 12.8. The minimum absolute atomic E-state index is 0.0936. The normalized spacial score (nSPS) is 14.0. The summed E-state index contributed by atoms with van der Waals surface area (Å²) < 4.78 is 56.1. The van der Waals surface area contributed by atoms with Crippen LogP contribution in [0.25, 0.3) is 10.9 Å². The summed E-state index contributed by atoms with van der Waals surface area (Å²) in [4.78, 5) is 22.4. The third kappa shape index (κ3) is 6.52. The smallest absolute Gasteiger partial charge is 0.416 e. The number of rotatable bonds is 8. The SMILES string of the molecule is C=CC(=O)N1CCC(Oc2cc3c(Nc4ccc(Oc5ccc(C(F)(F)F)cc5)c(Cl)c4)ncnc3cc2OC)CC1. The van der Waals surface area contributed by atoms with Crippen molar-refractivity contribution >= 4 is 39.9 Å². The van der Waals surface area contributed by atoms with Crippen LogP contribution in [0.3, 0.4) is 0 Å². The Morgan fingerprint density at radius 3 is 2.43 bits per heavy atom. The third-order valence-electron chi connectivity index (χ3n) is 6.75. The van der Waals surface area contributed by atoms with Crippen LogP contribution in [-0.2, 0) is 11.0 Å². The molecule has 5 rings (SSSR count). The molecule has 12 heteroatoms. The third-order valence-corrected chi connectivity index (χ3v) is 7.04. The summed E-state index contributed by atoms with van der Waals surface area (Å²) in [6, 6.07) is 12.9. The van der Waals surface area contributed by atoms with Gasteiger partial charge in [0.15, 0.2) is 11.5 Å². The summed E-state index contributed by atoms with van der Waals surface area (Å²) >= 11 is 6.44. The van der Waals surface area contributed by atoms with Crippen molar-refractivity contribution < 1.29 is 32.2 Å². The molecule has 1 amide bonds. The van der Waals surface area contributed by atoms with E-state index in [0.29, 0.717) is 59.8 Å². The molecule has 0 atom stereocenters. The molecule has 1 aliphatic rings. The number of carbonyl (C=O) groups is 1. The zero-order valence-electron chi connectivity index (χ0n) is 22.5. The molecular weight excluding hydrogens is 573 g/mol. The molecule has 0 bridgehead atoms. The lowest BCUT2D eigenvalue weighted by Gasteiger charge is -2.31. The fraction of sp³-hybridized carbons (Fsp3) is 0.233. The Labute approximate surface area is 244 Å². The van der Waals surface area contributed by atoms with Crippen LogP contribution in [0.15, 0.2) is 73.6 Å². The molecule has 1 saturated heterocycles. The molecule has 3 aromatic carbocycles. The highest BCUT2D eigenvalue weighted by Crippen LogP contribution is 2.38. The van der Waals surface area contributed by atoms with Crippen molar-refractivity contribution in [2.75, 3.05) is 25.5 Å². The molecule has 0 unspecified atom stereocenters. The highest BCUT2D eigenvalue weighted by molar-refractivity contribution is 6.32. The molecule has 1 fully saturated rings. The van der Waals surface area contributed by atoms with Crippen molar-refractivity contribution in [3.63, 3.8) is 0 Å². The number of likely N-dealkylation sites (tertiary alicyclic amines) is 1. The monoisotopic (exact) mass is 598 g/mol. The first-order valence-corrected chi connectivity index (χ1v) is 13.3. The summed E-state index contributed by atoms with van der Waals surface area (Å²) in [7, 11) is 1.55. The molecule has 0 radical (unpaired) electrons. The molecule has 4 aromatic rings. The van der Waals surface area contributed by atoms with Crippen LogP contribution >= 0.6 is 11.6 Å². The van der Waals surface area contributed by atoms with E-state index in [1.807, 2.05) is 6.07 Å². The molecule has 8 nitrogen and oxygen atoms in total. The number of fused-ring (bicyclic) bond motifs is 1. The second-order valence-corrected chi connectivity index (χ2v) is 9.89. The van der Waals surface area contributed by atoms with Crippen LogP contribution in [0, 0.1) is 0 Å². The van der Waals surface area contributed by atoms with Crippen LogP contribution < -0.4 is 19.5 Å². The van der Waals surface area contributed by atoms with Gasteiger partial charge in [-0.2, -0.15) is 13.2 Å². The van der Waals surface area contributed by atoms with Crippen LogP contribution in [0.5, 0.6) is 23.0 Å². The zero-order valence-corrected chi connectivity index (χ0v) is 23.2. The first kappa shape index (κ1) is 29.0. The number of nitrogens with zero attached hydrogens (tertiary/aromatic N) is 3. The fourth-order valence-electron chi connectivity index (χ4n) is 4.55. The van der Waals surface area contributed by atoms with Gasteiger partial charge in [-0.1, -0.05) is 18.2 Å². The van der Waals surface area contributed by atoms with Gasteiger partial charge in [-0.25, -0.2) is 9.97 Å². The number of halogens is 4. The predicted molar refractivity (Wildman–Crippen MR) is 153 cm³/mol. The van der Waals surface area contributed by atoms with Crippen LogP contribution in [-0.4, -0.2) is 47.1 Å². The van der Waals surface area contributed by atoms with Crippen molar-refractivity contribution in [3.05, 3.63) is 84.2 Å². The Kier molecular flexibility index (Phi) is 8.39. The summed E-state index contributed by atoms with van der Waals surface area (Å²) in [5, 5.41) is 4.15. The van der Waals surface area contributed by atoms with Gasteiger partial charge in [0.25, 0.3) is 0 Å². The lowest BCUT2D eigenvalue weighted by Crippen LogP contribution is -2.41. The number of nitrogens with one attached hydrogen (secondary N) is 1. The number of benzene rings is 3. The van der Waals surface area contributed by atoms with E-state index in [9.17, 15) is 18.0 Å². The first-order valence-electron chi connectivity index (χ1n) is 13.0. The summed E-state index contributed by atoms with van der Waals surface area (Å²) in [5.74, 6) is 1.93. The summed E-state index contributed by atoms with van der Waals surface area (Å²) in [5.41, 5.74) is 0.447. The minimum Gasteiger partial charge on any atom is -0.493 e. The number of carbonyl (C=O) groups excluding carboxylic acids is 1. The van der Waals surface area contributed by atoms with Gasteiger partial charge in [0.05, 0.1) is 23.2 Å². The molecular formula is C30H26ClF3N4O4. The van der Waals surface area contributed by atoms with Crippen LogP contribution in [0.2, 0.25) is 5.02 Å². The second-order valence-electron chi connectivity index (χ2n) is 9.48. The van der Waals surface area contributed by atoms with Gasteiger partial charge in [-0.15, -0.1) is 0 Å². The molecule has 0 aliphatic carbocycles. The molecule has 1 aromatic heterocycles. The van der Waals surface area contributed by atoms with Crippen molar-refractivity contribution in [1.29, 1.82) is 0 Å². The van der Waals surface area contributed by atoms with E-state index in [1.54, 1.807) is 36.3 Å². The summed E-state index contributed by atoms with van der Waals surface area (Å²) in [6.45, 7) is 4.69. The van der Waals surface area contributed by atoms with Crippen LogP contribution in [0.1, 0.15) is 18.4 Å². The van der Waals surface area contributed by atoms with E-state index in [2.05, 4.69) is 21.9 Å². The summed E-state index contributed by atoms with van der Waals surface area (Å²) in [6.07, 6.45) is -0.484. The average Bonchev–Trinajstić information content (AvgIpc) is 2.98. The van der Waals surface area contributed by atoms with Gasteiger partial charge >= 0.3 is 6.18 Å². The quantitative estimate of drug-likeness (QED) is 0.211. The minimum atomic E-state index is -4.43. The van der Waals surface area contributed by atoms with Gasteiger partial charge in [0, 0.05) is 43.1 Å². The maximum absolute atomic E-state index is 12.8. The Morgan fingerprint density at radius 2 is 1.79 bits per heavy atom. The fourth-order valence-corrected chi connectivity index (χ4v) is 4.77. The number of amides is 1. The van der Waals surface area contributed by atoms with Gasteiger partial charge in [0.1, 0.15) is 29.7 Å². The maximum Gasteiger partial charge on any atom is 0.416 e. The van der Waals surface area contributed by atoms with Crippen molar-refractivity contribution in [2.45, 2.75) is 25.1 Å². The standard InChI is InChI=1S/C30H26ClF3N4O4/c1-3-28(39)38-12-10-21(11-13-38)42-27-15-22-24(16-26(27)40-2)35-17-36-29(22)37-19-6-9-25(23(31)14-19)41-20-7-4-18(5-8-20)30(32,33)34/h3-9,14-17,21H,1,10-13H2,2H3,(H,35,36,37). The molecule has 1 N–H and O–H groups in total. The second kappa shape index (κ2) is 12.2. The van der Waals surface area contributed by atoms with Crippen molar-refractivity contribution in [2.24, 2.45) is 0 Å². The number of hydrogen-bond donors (Lipinski definition) is 1. The Balaban J connectivity index is 1.33.